The highest BCUT2D eigenvalue weighted by molar-refractivity contribution is 6.31. The largest absolute Gasteiger partial charge is 0.497 e. The number of anilines is 1. The van der Waals surface area contributed by atoms with Crippen molar-refractivity contribution >= 4 is 23.5 Å². The Morgan fingerprint density at radius 2 is 2.04 bits per heavy atom. The summed E-state index contributed by atoms with van der Waals surface area (Å²) in [4.78, 5) is 16.3. The van der Waals surface area contributed by atoms with Crippen LogP contribution in [0.2, 0.25) is 5.02 Å². The minimum absolute atomic E-state index is 0.100. The van der Waals surface area contributed by atoms with E-state index in [2.05, 4.69) is 20.5 Å². The Kier molecular flexibility index (Phi) is 4.95. The minimum Gasteiger partial charge on any atom is -0.497 e. The lowest BCUT2D eigenvalue weighted by Crippen LogP contribution is -2.16. The Labute approximate surface area is 148 Å². The summed E-state index contributed by atoms with van der Waals surface area (Å²) in [5.74, 6) is 0.313. The molecule has 0 atom stereocenters. The number of nitrogens with one attached hydrogen (secondary N) is 2. The van der Waals surface area contributed by atoms with Crippen molar-refractivity contribution in [3.63, 3.8) is 0 Å². The lowest BCUT2D eigenvalue weighted by atomic mass is 10.1. The number of amides is 1. The molecule has 6 nitrogen and oxygen atoms in total. The lowest BCUT2D eigenvalue weighted by molar-refractivity contribution is -0.115. The molecule has 0 aliphatic rings. The van der Waals surface area contributed by atoms with Gasteiger partial charge >= 0.3 is 0 Å². The zero-order valence-corrected chi connectivity index (χ0v) is 14.0. The van der Waals surface area contributed by atoms with Crippen molar-refractivity contribution in [2.24, 2.45) is 0 Å². The maximum absolute atomic E-state index is 13.7. The molecule has 2 N–H and O–H groups in total. The van der Waals surface area contributed by atoms with Gasteiger partial charge in [0, 0.05) is 16.1 Å². The molecule has 0 radical (unpaired) electrons. The molecule has 0 spiro atoms. The van der Waals surface area contributed by atoms with Gasteiger partial charge in [-0.05, 0) is 36.4 Å². The van der Waals surface area contributed by atoms with Crippen LogP contribution < -0.4 is 10.1 Å². The molecule has 3 aromatic rings. The van der Waals surface area contributed by atoms with Crippen LogP contribution in [0.3, 0.4) is 0 Å². The normalized spacial score (nSPS) is 10.5. The Balaban J connectivity index is 1.69. The van der Waals surface area contributed by atoms with Crippen molar-refractivity contribution in [3.05, 3.63) is 58.9 Å². The van der Waals surface area contributed by atoms with E-state index >= 15 is 0 Å². The standard InChI is InChI=1S/C17H14ClFN4O2/c1-25-11-7-5-10(6-8-11)16-21-17(23-22-16)20-15(24)9-12-13(18)3-2-4-14(12)19/h2-8H,9H2,1H3,(H2,20,21,22,23,24). The number of hydrogen-bond acceptors (Lipinski definition) is 4. The maximum Gasteiger partial charge on any atom is 0.249 e. The van der Waals surface area contributed by atoms with Crippen LogP contribution in [-0.2, 0) is 11.2 Å². The summed E-state index contributed by atoms with van der Waals surface area (Å²) in [6, 6.07) is 11.5. The number of carbonyl (C=O) groups is 1. The number of aromatic nitrogens is 3. The van der Waals surface area contributed by atoms with Gasteiger partial charge in [-0.1, -0.05) is 17.7 Å². The highest BCUT2D eigenvalue weighted by Crippen LogP contribution is 2.21. The van der Waals surface area contributed by atoms with Crippen LogP contribution in [0.5, 0.6) is 5.75 Å². The van der Waals surface area contributed by atoms with Gasteiger partial charge in [-0.3, -0.25) is 15.2 Å². The molecule has 2 aromatic carbocycles. The first-order valence-corrected chi connectivity index (χ1v) is 7.74. The molecule has 0 saturated carbocycles. The molecule has 8 heteroatoms. The summed E-state index contributed by atoms with van der Waals surface area (Å²) in [6.45, 7) is 0. The number of halogens is 2. The fraction of sp³-hybridized carbons (Fsp3) is 0.118. The van der Waals surface area contributed by atoms with Crippen molar-refractivity contribution in [1.29, 1.82) is 0 Å². The zero-order chi connectivity index (χ0) is 17.8. The summed E-state index contributed by atoms with van der Waals surface area (Å²) in [5.41, 5.74) is 0.915. The van der Waals surface area contributed by atoms with Crippen molar-refractivity contribution in [1.82, 2.24) is 15.2 Å². The predicted molar refractivity (Wildman–Crippen MR) is 92.1 cm³/mol. The third-order valence-electron chi connectivity index (χ3n) is 3.50. The Morgan fingerprint density at radius 1 is 1.28 bits per heavy atom. The first-order chi connectivity index (χ1) is 12.1. The monoisotopic (exact) mass is 360 g/mol. The second-order valence-electron chi connectivity index (χ2n) is 5.16. The second-order valence-corrected chi connectivity index (χ2v) is 5.57. The first kappa shape index (κ1) is 16.9. The van der Waals surface area contributed by atoms with Crippen LogP contribution in [-0.4, -0.2) is 28.2 Å². The van der Waals surface area contributed by atoms with Gasteiger partial charge in [0.15, 0.2) is 5.82 Å². The van der Waals surface area contributed by atoms with E-state index in [0.29, 0.717) is 5.82 Å². The molecular weight excluding hydrogens is 347 g/mol. The van der Waals surface area contributed by atoms with Crippen molar-refractivity contribution in [2.75, 3.05) is 12.4 Å². The van der Waals surface area contributed by atoms with E-state index in [1.54, 1.807) is 19.2 Å². The number of aromatic amines is 1. The van der Waals surface area contributed by atoms with Gasteiger partial charge in [0.2, 0.25) is 11.9 Å². The number of ether oxygens (including phenoxy) is 1. The van der Waals surface area contributed by atoms with E-state index < -0.39 is 11.7 Å². The van der Waals surface area contributed by atoms with E-state index in [4.69, 9.17) is 16.3 Å². The fourth-order valence-electron chi connectivity index (χ4n) is 2.23. The van der Waals surface area contributed by atoms with Crippen molar-refractivity contribution in [3.8, 4) is 17.1 Å². The van der Waals surface area contributed by atoms with Gasteiger partial charge in [0.25, 0.3) is 0 Å². The van der Waals surface area contributed by atoms with E-state index in [1.807, 2.05) is 12.1 Å². The summed E-state index contributed by atoms with van der Waals surface area (Å²) < 4.78 is 18.8. The van der Waals surface area contributed by atoms with Crippen LogP contribution in [0.25, 0.3) is 11.4 Å². The molecule has 0 bridgehead atoms. The molecule has 0 saturated heterocycles. The van der Waals surface area contributed by atoms with Crippen LogP contribution in [0.4, 0.5) is 10.3 Å². The molecule has 3 rings (SSSR count). The quantitative estimate of drug-likeness (QED) is 0.730. The highest BCUT2D eigenvalue weighted by atomic mass is 35.5. The molecule has 25 heavy (non-hydrogen) atoms. The summed E-state index contributed by atoms with van der Waals surface area (Å²) >= 11 is 5.92. The van der Waals surface area contributed by atoms with E-state index in [1.165, 1.54) is 18.2 Å². The molecule has 0 unspecified atom stereocenters. The molecule has 128 valence electrons. The number of carbonyl (C=O) groups excluding carboxylic acids is 1. The number of benzene rings is 2. The number of H-pyrrole nitrogens is 1. The van der Waals surface area contributed by atoms with E-state index in [0.717, 1.165) is 11.3 Å². The van der Waals surface area contributed by atoms with Crippen molar-refractivity contribution in [2.45, 2.75) is 6.42 Å². The zero-order valence-electron chi connectivity index (χ0n) is 13.2. The van der Waals surface area contributed by atoms with Crippen LogP contribution >= 0.6 is 11.6 Å². The molecule has 1 amide bonds. The maximum atomic E-state index is 13.7. The average molecular weight is 361 g/mol. The SMILES string of the molecule is COc1ccc(-c2nc(NC(=O)Cc3c(F)cccc3Cl)n[nH]2)cc1. The molecule has 1 aromatic heterocycles. The van der Waals surface area contributed by atoms with Gasteiger partial charge < -0.3 is 4.74 Å². The average Bonchev–Trinajstić information content (AvgIpc) is 3.07. The fourth-order valence-corrected chi connectivity index (χ4v) is 2.46. The van der Waals surface area contributed by atoms with E-state index in [9.17, 15) is 9.18 Å². The third kappa shape index (κ3) is 3.95. The van der Waals surface area contributed by atoms with Gasteiger partial charge in [-0.2, -0.15) is 4.98 Å². The van der Waals surface area contributed by atoms with Crippen LogP contribution in [0, 0.1) is 5.82 Å². The Bertz CT molecular complexity index is 876. The highest BCUT2D eigenvalue weighted by Gasteiger charge is 2.14. The smallest absolute Gasteiger partial charge is 0.249 e. The second kappa shape index (κ2) is 7.31. The predicted octanol–water partition coefficient (Wildman–Crippen LogP) is 3.45. The van der Waals surface area contributed by atoms with Gasteiger partial charge in [0.05, 0.1) is 13.5 Å². The molecule has 0 aliphatic carbocycles. The van der Waals surface area contributed by atoms with E-state index in [-0.39, 0.29) is 23.0 Å². The molecule has 1 heterocycles. The number of rotatable bonds is 5. The molecule has 0 aliphatic heterocycles. The number of hydrogen-bond donors (Lipinski definition) is 2. The summed E-state index contributed by atoms with van der Waals surface area (Å²) in [6.07, 6.45) is -0.210. The van der Waals surface area contributed by atoms with Crippen LogP contribution in [0.1, 0.15) is 5.56 Å². The Hall–Kier alpha value is -2.93. The van der Waals surface area contributed by atoms with Gasteiger partial charge in [-0.25, -0.2) is 4.39 Å². The number of nitrogens with zero attached hydrogens (tertiary/aromatic N) is 2. The van der Waals surface area contributed by atoms with Crippen LogP contribution in [0.15, 0.2) is 42.5 Å². The molecular formula is C17H14ClFN4O2. The Morgan fingerprint density at radius 3 is 2.72 bits per heavy atom. The minimum atomic E-state index is -0.531. The number of methoxy groups -OCH3 is 1. The summed E-state index contributed by atoms with van der Waals surface area (Å²) in [7, 11) is 1.58. The van der Waals surface area contributed by atoms with Gasteiger partial charge in [0.1, 0.15) is 11.6 Å². The van der Waals surface area contributed by atoms with Crippen molar-refractivity contribution < 1.29 is 13.9 Å². The van der Waals surface area contributed by atoms with Gasteiger partial charge in [-0.15, -0.1) is 5.10 Å². The lowest BCUT2D eigenvalue weighted by Gasteiger charge is -2.05. The third-order valence-corrected chi connectivity index (χ3v) is 3.85. The molecule has 0 fully saturated rings. The topological polar surface area (TPSA) is 79.9 Å². The summed E-state index contributed by atoms with van der Waals surface area (Å²) in [5, 5.41) is 9.38. The first-order valence-electron chi connectivity index (χ1n) is 7.36.